The van der Waals surface area contributed by atoms with Crippen molar-refractivity contribution in [1.82, 2.24) is 10.6 Å². The Morgan fingerprint density at radius 1 is 0.500 bits per heavy atom. The molecule has 0 bridgehead atoms. The van der Waals surface area contributed by atoms with Gasteiger partial charge in [0.15, 0.2) is 0 Å². The Hall–Kier alpha value is -4.98. The monoisotopic (exact) mass is 480 g/mol. The molecule has 8 nitrogen and oxygen atoms in total. The molecule has 2 N–H and O–H groups in total. The number of ether oxygens (including phenoxy) is 2. The van der Waals surface area contributed by atoms with Crippen molar-refractivity contribution in [2.75, 3.05) is 0 Å². The molecular formula is C28H20N2O6. The molecule has 36 heavy (non-hydrogen) atoms. The fourth-order valence-electron chi connectivity index (χ4n) is 4.06. The lowest BCUT2D eigenvalue weighted by Crippen LogP contribution is -2.22. The lowest BCUT2D eigenvalue weighted by molar-refractivity contribution is -0.125. The molecule has 4 amide bonds. The van der Waals surface area contributed by atoms with Crippen molar-refractivity contribution in [3.05, 3.63) is 95.1 Å². The van der Waals surface area contributed by atoms with E-state index in [4.69, 9.17) is 9.47 Å². The van der Waals surface area contributed by atoms with Crippen molar-refractivity contribution in [3.63, 3.8) is 0 Å². The summed E-state index contributed by atoms with van der Waals surface area (Å²) in [5.41, 5.74) is 2.60. The van der Waals surface area contributed by atoms with E-state index in [2.05, 4.69) is 10.6 Å². The van der Waals surface area contributed by atoms with Crippen LogP contribution in [-0.4, -0.2) is 23.6 Å². The maximum atomic E-state index is 12.1. The number of nitrogens with one attached hydrogen (secondary N) is 2. The van der Waals surface area contributed by atoms with Crippen LogP contribution >= 0.6 is 0 Å². The lowest BCUT2D eigenvalue weighted by atomic mass is 10.0. The van der Waals surface area contributed by atoms with E-state index in [-0.39, 0.29) is 0 Å². The van der Waals surface area contributed by atoms with E-state index in [0.29, 0.717) is 56.4 Å². The summed E-state index contributed by atoms with van der Waals surface area (Å²) in [6.07, 6.45) is 0. The molecule has 2 aliphatic rings. The minimum atomic E-state index is -0.424. The third-order valence-corrected chi connectivity index (χ3v) is 5.88. The van der Waals surface area contributed by atoms with E-state index in [1.165, 1.54) is 0 Å². The fourth-order valence-corrected chi connectivity index (χ4v) is 4.06. The molecule has 178 valence electrons. The van der Waals surface area contributed by atoms with Gasteiger partial charge in [0, 0.05) is 11.1 Å². The smallest absolute Gasteiger partial charge is 0.259 e. The number of rotatable bonds is 6. The van der Waals surface area contributed by atoms with Crippen molar-refractivity contribution >= 4 is 34.8 Å². The maximum Gasteiger partial charge on any atom is 0.259 e. The average Bonchev–Trinajstić information content (AvgIpc) is 3.26. The summed E-state index contributed by atoms with van der Waals surface area (Å²) in [5, 5.41) is 4.58. The largest absolute Gasteiger partial charge is 0.457 e. The van der Waals surface area contributed by atoms with E-state index < -0.39 is 23.6 Å². The van der Waals surface area contributed by atoms with Crippen LogP contribution in [-0.2, 0) is 19.2 Å². The Morgan fingerprint density at radius 2 is 0.889 bits per heavy atom. The molecule has 3 aromatic carbocycles. The van der Waals surface area contributed by atoms with Gasteiger partial charge in [-0.05, 0) is 73.5 Å². The molecular weight excluding hydrogens is 460 g/mol. The highest BCUT2D eigenvalue weighted by Crippen LogP contribution is 2.32. The first-order valence-corrected chi connectivity index (χ1v) is 11.1. The highest BCUT2D eigenvalue weighted by atomic mass is 16.5. The standard InChI is InChI=1S/C28H20N2O6/c1-15-23(27(33)29-25(15)31)17-5-3-7-21(13-17)35-19-9-11-20(12-10-19)36-22-8-4-6-18(14-22)24-16(2)26(32)30-28(24)34/h3-14H,1-2H3,(H,29,31,33)(H,30,32,34). The highest BCUT2D eigenvalue weighted by molar-refractivity contribution is 6.36. The molecule has 3 aromatic rings. The van der Waals surface area contributed by atoms with Crippen molar-refractivity contribution < 1.29 is 28.7 Å². The van der Waals surface area contributed by atoms with Gasteiger partial charge >= 0.3 is 0 Å². The molecule has 0 atom stereocenters. The van der Waals surface area contributed by atoms with Gasteiger partial charge in [-0.15, -0.1) is 0 Å². The first-order chi connectivity index (χ1) is 17.3. The zero-order chi connectivity index (χ0) is 25.4. The van der Waals surface area contributed by atoms with E-state index in [0.717, 1.165) is 0 Å². The number of carbonyl (C=O) groups is 4. The Kier molecular flexibility index (Phi) is 5.69. The Labute approximate surface area is 206 Å². The van der Waals surface area contributed by atoms with Gasteiger partial charge in [-0.3, -0.25) is 29.8 Å². The van der Waals surface area contributed by atoms with Crippen LogP contribution in [0, 0.1) is 0 Å². The Morgan fingerprint density at radius 3 is 1.22 bits per heavy atom. The maximum absolute atomic E-state index is 12.1. The zero-order valence-electron chi connectivity index (χ0n) is 19.4. The van der Waals surface area contributed by atoms with E-state index >= 15 is 0 Å². The summed E-state index contributed by atoms with van der Waals surface area (Å²) in [4.78, 5) is 47.8. The van der Waals surface area contributed by atoms with E-state index in [1.807, 2.05) is 0 Å². The van der Waals surface area contributed by atoms with Crippen LogP contribution in [0.5, 0.6) is 23.0 Å². The third kappa shape index (κ3) is 4.27. The van der Waals surface area contributed by atoms with Crippen molar-refractivity contribution in [3.8, 4) is 23.0 Å². The molecule has 0 aliphatic carbocycles. The van der Waals surface area contributed by atoms with Crippen LogP contribution in [0.15, 0.2) is 83.9 Å². The summed E-state index contributed by atoms with van der Waals surface area (Å²) in [6, 6.07) is 20.8. The highest BCUT2D eigenvalue weighted by Gasteiger charge is 2.29. The van der Waals surface area contributed by atoms with Crippen LogP contribution in [0.1, 0.15) is 25.0 Å². The quantitative estimate of drug-likeness (QED) is 0.514. The summed E-state index contributed by atoms with van der Waals surface area (Å²) in [7, 11) is 0. The minimum absolute atomic E-state index is 0.335. The van der Waals surface area contributed by atoms with Crippen LogP contribution in [0.2, 0.25) is 0 Å². The molecule has 5 rings (SSSR count). The number of imide groups is 2. The first-order valence-electron chi connectivity index (χ1n) is 11.1. The predicted molar refractivity (Wildman–Crippen MR) is 131 cm³/mol. The van der Waals surface area contributed by atoms with Gasteiger partial charge in [-0.25, -0.2) is 0 Å². The second kappa shape index (κ2) is 8.99. The second-order valence-corrected chi connectivity index (χ2v) is 8.30. The molecule has 0 saturated heterocycles. The van der Waals surface area contributed by atoms with E-state index in [9.17, 15) is 19.2 Å². The van der Waals surface area contributed by atoms with Crippen LogP contribution in [0.3, 0.4) is 0 Å². The molecule has 2 aliphatic heterocycles. The van der Waals surface area contributed by atoms with Gasteiger partial charge in [0.1, 0.15) is 23.0 Å². The number of benzene rings is 3. The Bertz CT molecular complexity index is 1400. The predicted octanol–water partition coefficient (Wildman–Crippen LogP) is 4.13. The summed E-state index contributed by atoms with van der Waals surface area (Å²) < 4.78 is 11.8. The lowest BCUT2D eigenvalue weighted by Gasteiger charge is -2.10. The molecule has 0 aromatic heterocycles. The first kappa shape index (κ1) is 22.8. The molecule has 0 radical (unpaired) electrons. The summed E-state index contributed by atoms with van der Waals surface area (Å²) in [6.45, 7) is 3.22. The molecule has 8 heteroatoms. The van der Waals surface area contributed by atoms with Crippen molar-refractivity contribution in [2.45, 2.75) is 13.8 Å². The summed E-state index contributed by atoms with van der Waals surface area (Å²) in [5.74, 6) is 0.478. The van der Waals surface area contributed by atoms with E-state index in [1.54, 1.807) is 86.6 Å². The fraction of sp³-hybridized carbons (Fsp3) is 0.0714. The molecule has 0 fully saturated rings. The van der Waals surface area contributed by atoms with Crippen molar-refractivity contribution in [1.29, 1.82) is 0 Å². The average molecular weight is 480 g/mol. The number of hydrogen-bond acceptors (Lipinski definition) is 6. The molecule has 0 unspecified atom stereocenters. The molecule has 2 heterocycles. The van der Waals surface area contributed by atoms with Gasteiger partial charge in [0.2, 0.25) is 0 Å². The van der Waals surface area contributed by atoms with Crippen LogP contribution in [0.25, 0.3) is 11.1 Å². The van der Waals surface area contributed by atoms with Gasteiger partial charge in [0.25, 0.3) is 23.6 Å². The van der Waals surface area contributed by atoms with Crippen LogP contribution < -0.4 is 20.1 Å². The zero-order valence-corrected chi connectivity index (χ0v) is 19.4. The summed E-state index contributed by atoms with van der Waals surface area (Å²) >= 11 is 0. The van der Waals surface area contributed by atoms with Gasteiger partial charge in [-0.1, -0.05) is 24.3 Å². The molecule has 0 saturated carbocycles. The number of hydrogen-bond donors (Lipinski definition) is 2. The van der Waals surface area contributed by atoms with Gasteiger partial charge in [0.05, 0.1) is 11.1 Å². The normalized spacial score (nSPS) is 15.4. The van der Waals surface area contributed by atoms with Crippen molar-refractivity contribution in [2.24, 2.45) is 0 Å². The number of carbonyl (C=O) groups excluding carboxylic acids is 4. The van der Waals surface area contributed by atoms with Gasteiger partial charge < -0.3 is 9.47 Å². The minimum Gasteiger partial charge on any atom is -0.457 e. The topological polar surface area (TPSA) is 111 Å². The Balaban J connectivity index is 1.31. The third-order valence-electron chi connectivity index (χ3n) is 5.88. The van der Waals surface area contributed by atoms with Crippen LogP contribution in [0.4, 0.5) is 0 Å². The SMILES string of the molecule is CC1=C(c2cccc(Oc3ccc(Oc4cccc(C5=C(C)C(=O)NC5=O)c4)cc3)c2)C(=O)NC1=O. The second-order valence-electron chi connectivity index (χ2n) is 8.30. The number of amides is 4. The molecule has 0 spiro atoms. The van der Waals surface area contributed by atoms with Gasteiger partial charge in [-0.2, -0.15) is 0 Å².